The zero-order chi connectivity index (χ0) is 10.6. The zero-order valence-electron chi connectivity index (χ0n) is 7.59. The van der Waals surface area contributed by atoms with E-state index in [1.165, 1.54) is 0 Å². The van der Waals surface area contributed by atoms with Crippen LogP contribution in [0, 0.1) is 0 Å². The molecule has 0 aromatic heterocycles. The maximum absolute atomic E-state index is 11.6. The fraction of sp³-hybridized carbons (Fsp3) is 0.300. The first-order valence-electron chi connectivity index (χ1n) is 4.23. The van der Waals surface area contributed by atoms with Crippen molar-refractivity contribution in [1.82, 2.24) is 0 Å². The molecule has 1 aromatic carbocycles. The Kier molecular flexibility index (Phi) is 4.42. The van der Waals surface area contributed by atoms with Crippen LogP contribution in [0.4, 0.5) is 5.69 Å². The predicted molar refractivity (Wildman–Crippen MR) is 63.2 cm³/mol. The number of halogens is 2. The number of hydrogen-bond acceptors (Lipinski definition) is 2. The summed E-state index contributed by atoms with van der Waals surface area (Å²) in [6.07, 6.45) is 0.454. The molecule has 0 spiro atoms. The Labute approximate surface area is 96.6 Å². The molecule has 0 aliphatic rings. The molecule has 2 nitrogen and oxygen atoms in total. The van der Waals surface area contributed by atoms with Crippen molar-refractivity contribution in [3.05, 3.63) is 29.3 Å². The topological polar surface area (TPSA) is 43.1 Å². The lowest BCUT2D eigenvalue weighted by Gasteiger charge is -2.07. The third-order valence-electron chi connectivity index (χ3n) is 1.96. The van der Waals surface area contributed by atoms with Gasteiger partial charge in [-0.3, -0.25) is 4.79 Å². The lowest BCUT2D eigenvalue weighted by molar-refractivity contribution is 0.0990. The molecule has 0 radical (unpaired) electrons. The number of nitrogens with two attached hydrogens (primary N) is 1. The van der Waals surface area contributed by atoms with Gasteiger partial charge in [-0.1, -0.05) is 28.1 Å². The number of carbonyl (C=O) groups excluding carboxylic acids is 1. The van der Waals surface area contributed by atoms with Crippen molar-refractivity contribution in [1.29, 1.82) is 0 Å². The molecule has 14 heavy (non-hydrogen) atoms. The van der Waals surface area contributed by atoms with Gasteiger partial charge in [0.15, 0.2) is 5.78 Å². The molecule has 0 unspecified atom stereocenters. The van der Waals surface area contributed by atoms with Gasteiger partial charge in [0.2, 0.25) is 0 Å². The Morgan fingerprint density at radius 2 is 2.21 bits per heavy atom. The summed E-state index contributed by atoms with van der Waals surface area (Å²) in [5, 5.41) is 0.649. The highest BCUT2D eigenvalue weighted by atomic mass is 79.9. The Hall–Kier alpha value is -0.540. The highest BCUT2D eigenvalue weighted by Gasteiger charge is 2.10. The van der Waals surface area contributed by atoms with E-state index in [1.54, 1.807) is 12.1 Å². The molecule has 0 bridgehead atoms. The van der Waals surface area contributed by atoms with Crippen LogP contribution in [-0.4, -0.2) is 11.1 Å². The van der Waals surface area contributed by atoms with Crippen molar-refractivity contribution < 1.29 is 4.79 Å². The van der Waals surface area contributed by atoms with Gasteiger partial charge >= 0.3 is 0 Å². The molecule has 0 aliphatic carbocycles. The van der Waals surface area contributed by atoms with Crippen LogP contribution in [0.15, 0.2) is 18.2 Å². The van der Waals surface area contributed by atoms with E-state index in [4.69, 9.17) is 17.3 Å². The summed E-state index contributed by atoms with van der Waals surface area (Å²) < 4.78 is 0. The van der Waals surface area contributed by atoms with Crippen LogP contribution in [0.2, 0.25) is 0 Å². The third kappa shape index (κ3) is 2.49. The van der Waals surface area contributed by atoms with Gasteiger partial charge in [-0.25, -0.2) is 0 Å². The molecule has 76 valence electrons. The summed E-state index contributed by atoms with van der Waals surface area (Å²) in [6.45, 7) is 0. The van der Waals surface area contributed by atoms with Crippen LogP contribution >= 0.6 is 27.5 Å². The maximum atomic E-state index is 11.6. The van der Waals surface area contributed by atoms with Gasteiger partial charge in [-0.15, -0.1) is 11.6 Å². The molecule has 0 heterocycles. The second-order valence-electron chi connectivity index (χ2n) is 2.87. The number of anilines is 1. The van der Waals surface area contributed by atoms with Gasteiger partial charge in [0.25, 0.3) is 0 Å². The molecule has 0 fully saturated rings. The Morgan fingerprint density at radius 3 is 2.79 bits per heavy atom. The number of rotatable bonds is 4. The molecule has 2 N–H and O–H groups in total. The smallest absolute Gasteiger partial charge is 0.165 e. The van der Waals surface area contributed by atoms with E-state index in [0.29, 0.717) is 28.9 Å². The molecule has 0 atom stereocenters. The minimum absolute atomic E-state index is 0.0475. The highest BCUT2D eigenvalue weighted by molar-refractivity contribution is 9.09. The fourth-order valence-electron chi connectivity index (χ4n) is 1.19. The van der Waals surface area contributed by atoms with Crippen molar-refractivity contribution in [3.63, 3.8) is 0 Å². The first-order chi connectivity index (χ1) is 6.70. The number of ketones is 1. The highest BCUT2D eigenvalue weighted by Crippen LogP contribution is 2.20. The van der Waals surface area contributed by atoms with Crippen molar-refractivity contribution in [2.45, 2.75) is 12.3 Å². The maximum Gasteiger partial charge on any atom is 0.165 e. The summed E-state index contributed by atoms with van der Waals surface area (Å²) in [4.78, 5) is 11.6. The van der Waals surface area contributed by atoms with Crippen LogP contribution in [0.1, 0.15) is 22.3 Å². The van der Waals surface area contributed by atoms with Crippen molar-refractivity contribution in [2.24, 2.45) is 0 Å². The Balaban J connectivity index is 3.03. The molecule has 0 amide bonds. The minimum atomic E-state index is 0.0475. The van der Waals surface area contributed by atoms with E-state index in [1.807, 2.05) is 6.07 Å². The monoisotopic (exact) mass is 275 g/mol. The summed E-state index contributed by atoms with van der Waals surface area (Å²) >= 11 is 8.91. The van der Waals surface area contributed by atoms with Crippen molar-refractivity contribution >= 4 is 39.0 Å². The zero-order valence-corrected chi connectivity index (χ0v) is 9.94. The number of Topliss-reactive ketones (excluding diaryl/α,β-unsaturated/α-hetero) is 1. The van der Waals surface area contributed by atoms with Gasteiger partial charge in [-0.2, -0.15) is 0 Å². The van der Waals surface area contributed by atoms with Gasteiger partial charge in [0.1, 0.15) is 0 Å². The quantitative estimate of drug-likeness (QED) is 0.522. The van der Waals surface area contributed by atoms with Gasteiger partial charge in [-0.05, 0) is 11.6 Å². The summed E-state index contributed by atoms with van der Waals surface area (Å²) in [6, 6.07) is 5.36. The Bertz CT molecular complexity index is 341. The van der Waals surface area contributed by atoms with Crippen LogP contribution in [0.5, 0.6) is 0 Å². The van der Waals surface area contributed by atoms with E-state index in [0.717, 1.165) is 5.56 Å². The number of benzene rings is 1. The van der Waals surface area contributed by atoms with Gasteiger partial charge in [0, 0.05) is 28.9 Å². The van der Waals surface area contributed by atoms with E-state index in [-0.39, 0.29) is 5.78 Å². The average Bonchev–Trinajstić information content (AvgIpc) is 2.18. The van der Waals surface area contributed by atoms with Crippen LogP contribution < -0.4 is 5.73 Å². The number of nitrogen functional groups attached to an aromatic ring is 1. The summed E-state index contributed by atoms with van der Waals surface area (Å²) in [5.74, 6) is 0.382. The molecule has 0 saturated heterocycles. The third-order valence-corrected chi connectivity index (χ3v) is 2.65. The minimum Gasteiger partial charge on any atom is -0.398 e. The average molecular weight is 277 g/mol. The van der Waals surface area contributed by atoms with Crippen LogP contribution in [-0.2, 0) is 5.88 Å². The van der Waals surface area contributed by atoms with Gasteiger partial charge < -0.3 is 5.73 Å². The molecule has 1 aromatic rings. The molecule has 4 heteroatoms. The number of para-hydroxylation sites is 1. The largest absolute Gasteiger partial charge is 0.398 e. The van der Waals surface area contributed by atoms with Crippen molar-refractivity contribution in [3.8, 4) is 0 Å². The first-order valence-corrected chi connectivity index (χ1v) is 5.88. The Morgan fingerprint density at radius 1 is 1.50 bits per heavy atom. The summed E-state index contributed by atoms with van der Waals surface area (Å²) in [5.41, 5.74) is 7.70. The lowest BCUT2D eigenvalue weighted by Crippen LogP contribution is -2.06. The lowest BCUT2D eigenvalue weighted by atomic mass is 10.0. The second kappa shape index (κ2) is 5.37. The van der Waals surface area contributed by atoms with E-state index < -0.39 is 0 Å². The van der Waals surface area contributed by atoms with Crippen LogP contribution in [0.3, 0.4) is 0 Å². The summed E-state index contributed by atoms with van der Waals surface area (Å²) in [7, 11) is 0. The number of alkyl halides is 2. The number of hydrogen-bond donors (Lipinski definition) is 1. The molecular formula is C10H11BrClNO. The standard InChI is InChI=1S/C10H11BrClNO/c11-5-4-9(14)8-3-1-2-7(6-12)10(8)13/h1-3H,4-6,13H2. The molecule has 1 rings (SSSR count). The second-order valence-corrected chi connectivity index (χ2v) is 3.93. The molecule has 0 saturated carbocycles. The normalized spacial score (nSPS) is 10.1. The fourth-order valence-corrected chi connectivity index (χ4v) is 1.79. The molecular weight excluding hydrogens is 265 g/mol. The van der Waals surface area contributed by atoms with Gasteiger partial charge in [0.05, 0.1) is 0 Å². The van der Waals surface area contributed by atoms with Crippen LogP contribution in [0.25, 0.3) is 0 Å². The number of carbonyl (C=O) groups is 1. The van der Waals surface area contributed by atoms with E-state index >= 15 is 0 Å². The SMILES string of the molecule is Nc1c(CCl)cccc1C(=O)CCBr. The first kappa shape index (κ1) is 11.5. The predicted octanol–water partition coefficient (Wildman–Crippen LogP) is 2.98. The van der Waals surface area contributed by atoms with E-state index in [9.17, 15) is 4.79 Å². The van der Waals surface area contributed by atoms with Crippen molar-refractivity contribution in [2.75, 3.05) is 11.1 Å². The van der Waals surface area contributed by atoms with E-state index in [2.05, 4.69) is 15.9 Å². The molecule has 0 aliphatic heterocycles.